The minimum atomic E-state index is -0.00314. The van der Waals surface area contributed by atoms with Crippen molar-refractivity contribution in [1.82, 2.24) is 19.9 Å². The van der Waals surface area contributed by atoms with Crippen LogP contribution in [0.3, 0.4) is 0 Å². The molecule has 0 aliphatic rings. The van der Waals surface area contributed by atoms with Gasteiger partial charge in [-0.1, -0.05) is 37.6 Å². The van der Waals surface area contributed by atoms with E-state index >= 15 is 0 Å². The number of fused-ring (bicyclic) bond motifs is 1. The Kier molecular flexibility index (Phi) is 6.90. The van der Waals surface area contributed by atoms with Crippen LogP contribution in [-0.2, 0) is 18.0 Å². The van der Waals surface area contributed by atoms with Gasteiger partial charge < -0.3 is 15.2 Å². The molecule has 0 amide bonds. The molecule has 1 aromatic carbocycles. The van der Waals surface area contributed by atoms with Crippen LogP contribution in [0.1, 0.15) is 25.2 Å². The third-order valence-electron chi connectivity index (χ3n) is 4.69. The predicted molar refractivity (Wildman–Crippen MR) is 126 cm³/mol. The molecular weight excluding hydrogens is 426 g/mol. The third-order valence-corrected chi connectivity index (χ3v) is 4.99. The largest absolute Gasteiger partial charge is 0.392 e. The first-order chi connectivity index (χ1) is 15.5. The van der Waals surface area contributed by atoms with Crippen molar-refractivity contribution in [2.45, 2.75) is 27.1 Å². The normalized spacial score (nSPS) is 11.3. The van der Waals surface area contributed by atoms with Gasteiger partial charge in [-0.15, -0.1) is 0 Å². The number of nitrogens with one attached hydrogen (secondary N) is 1. The molecule has 0 saturated heterocycles. The van der Waals surface area contributed by atoms with E-state index in [0.29, 0.717) is 46.2 Å². The highest BCUT2D eigenvalue weighted by molar-refractivity contribution is 6.32. The average Bonchev–Trinajstić information content (AvgIpc) is 2.79. The van der Waals surface area contributed by atoms with E-state index in [1.807, 2.05) is 36.4 Å². The van der Waals surface area contributed by atoms with Crippen LogP contribution in [0.25, 0.3) is 22.4 Å². The zero-order valence-electron chi connectivity index (χ0n) is 17.9. The van der Waals surface area contributed by atoms with Crippen molar-refractivity contribution in [3.8, 4) is 11.4 Å². The number of hydrogen-bond donors (Lipinski definition) is 2. The fourth-order valence-electron chi connectivity index (χ4n) is 3.14. The molecule has 0 atom stereocenters. The van der Waals surface area contributed by atoms with Gasteiger partial charge in [0.2, 0.25) is 0 Å². The molecule has 7 nitrogen and oxygen atoms in total. The maximum Gasteiger partial charge on any atom is 0.165 e. The van der Waals surface area contributed by atoms with E-state index in [2.05, 4.69) is 34.1 Å². The molecule has 0 aliphatic heterocycles. The highest BCUT2D eigenvalue weighted by Gasteiger charge is 2.13. The second kappa shape index (κ2) is 9.99. The van der Waals surface area contributed by atoms with E-state index in [9.17, 15) is 5.11 Å². The molecule has 0 radical (unpaired) electrons. The zero-order valence-corrected chi connectivity index (χ0v) is 18.7. The second-order valence-corrected chi connectivity index (χ2v) is 8.19. The summed E-state index contributed by atoms with van der Waals surface area (Å²) in [7, 11) is 0. The van der Waals surface area contributed by atoms with Crippen LogP contribution in [0.2, 0.25) is 5.02 Å². The summed E-state index contributed by atoms with van der Waals surface area (Å²) < 4.78 is 5.76. The Morgan fingerprint density at radius 3 is 2.56 bits per heavy atom. The maximum atomic E-state index is 9.28. The lowest BCUT2D eigenvalue weighted by Crippen LogP contribution is -2.07. The standard InChI is InChI=1S/C24H24ClN5O2/c1-15(2)13-32-14-21-29-23(27-17-7-5-16(12-31)6-8-17)18-9-10-20(28-24(18)30-21)22-19(25)4-3-11-26-22/h3-11,15,31H,12-14H2,1-2H3,(H,27,28,29,30). The molecule has 0 bridgehead atoms. The van der Waals surface area contributed by atoms with Crippen LogP contribution in [-0.4, -0.2) is 31.6 Å². The Bertz CT molecular complexity index is 1210. The Morgan fingerprint density at radius 1 is 1.03 bits per heavy atom. The van der Waals surface area contributed by atoms with Gasteiger partial charge in [-0.3, -0.25) is 4.98 Å². The van der Waals surface area contributed by atoms with Crippen LogP contribution in [0, 0.1) is 5.92 Å². The zero-order chi connectivity index (χ0) is 22.5. The first-order valence-corrected chi connectivity index (χ1v) is 10.7. The van der Waals surface area contributed by atoms with Crippen molar-refractivity contribution in [3.63, 3.8) is 0 Å². The molecule has 164 valence electrons. The number of hydrogen-bond acceptors (Lipinski definition) is 7. The molecule has 4 aromatic rings. The maximum absolute atomic E-state index is 9.28. The number of anilines is 2. The number of pyridine rings is 2. The minimum Gasteiger partial charge on any atom is -0.392 e. The molecule has 32 heavy (non-hydrogen) atoms. The van der Waals surface area contributed by atoms with Gasteiger partial charge in [0.25, 0.3) is 0 Å². The van der Waals surface area contributed by atoms with Crippen LogP contribution in [0.4, 0.5) is 11.5 Å². The molecule has 0 aliphatic carbocycles. The van der Waals surface area contributed by atoms with Crippen LogP contribution < -0.4 is 5.32 Å². The second-order valence-electron chi connectivity index (χ2n) is 7.78. The van der Waals surface area contributed by atoms with Gasteiger partial charge in [0.1, 0.15) is 18.1 Å². The topological polar surface area (TPSA) is 93.0 Å². The fourth-order valence-corrected chi connectivity index (χ4v) is 3.36. The lowest BCUT2D eigenvalue weighted by Gasteiger charge is -2.13. The van der Waals surface area contributed by atoms with Crippen LogP contribution in [0.5, 0.6) is 0 Å². The third kappa shape index (κ3) is 5.19. The van der Waals surface area contributed by atoms with Crippen molar-refractivity contribution in [3.05, 3.63) is 71.1 Å². The van der Waals surface area contributed by atoms with E-state index < -0.39 is 0 Å². The molecule has 0 fully saturated rings. The van der Waals surface area contributed by atoms with Gasteiger partial charge >= 0.3 is 0 Å². The smallest absolute Gasteiger partial charge is 0.165 e. The summed E-state index contributed by atoms with van der Waals surface area (Å²) in [6.45, 7) is 5.08. The first-order valence-electron chi connectivity index (χ1n) is 10.4. The van der Waals surface area contributed by atoms with Gasteiger partial charge in [0.05, 0.1) is 22.7 Å². The Labute approximate surface area is 191 Å². The summed E-state index contributed by atoms with van der Waals surface area (Å²) in [5, 5.41) is 13.9. The molecule has 3 aromatic heterocycles. The molecular formula is C24H24ClN5O2. The van der Waals surface area contributed by atoms with Gasteiger partial charge in [-0.2, -0.15) is 0 Å². The van der Waals surface area contributed by atoms with Crippen molar-refractivity contribution in [2.75, 3.05) is 11.9 Å². The van der Waals surface area contributed by atoms with Gasteiger partial charge in [-0.25, -0.2) is 15.0 Å². The SMILES string of the molecule is CC(C)COCc1nc(Nc2ccc(CO)cc2)c2ccc(-c3ncccc3Cl)nc2n1. The molecule has 0 spiro atoms. The highest BCUT2D eigenvalue weighted by Crippen LogP contribution is 2.28. The van der Waals surface area contributed by atoms with Gasteiger partial charge in [0, 0.05) is 18.5 Å². The van der Waals surface area contributed by atoms with E-state index in [-0.39, 0.29) is 13.2 Å². The number of ether oxygens (including phenoxy) is 1. The number of aliphatic hydroxyl groups excluding tert-OH is 1. The Morgan fingerprint density at radius 2 is 1.84 bits per heavy atom. The van der Waals surface area contributed by atoms with Crippen LogP contribution in [0.15, 0.2) is 54.7 Å². The summed E-state index contributed by atoms with van der Waals surface area (Å²) in [4.78, 5) is 18.4. The lowest BCUT2D eigenvalue weighted by atomic mass is 10.2. The number of aliphatic hydroxyl groups is 1. The van der Waals surface area contributed by atoms with Crippen molar-refractivity contribution in [2.24, 2.45) is 5.92 Å². The molecule has 0 saturated carbocycles. The number of benzene rings is 1. The molecule has 4 rings (SSSR count). The number of nitrogens with zero attached hydrogens (tertiary/aromatic N) is 4. The fraction of sp³-hybridized carbons (Fsp3) is 0.250. The summed E-state index contributed by atoms with van der Waals surface area (Å²) in [6.07, 6.45) is 1.68. The van der Waals surface area contributed by atoms with E-state index in [1.165, 1.54) is 0 Å². The summed E-state index contributed by atoms with van der Waals surface area (Å²) in [5.74, 6) is 1.57. The van der Waals surface area contributed by atoms with E-state index in [1.54, 1.807) is 18.3 Å². The Balaban J connectivity index is 1.74. The molecule has 3 heterocycles. The van der Waals surface area contributed by atoms with Gasteiger partial charge in [0.15, 0.2) is 11.5 Å². The summed E-state index contributed by atoms with van der Waals surface area (Å²) in [5.41, 5.74) is 3.44. The van der Waals surface area contributed by atoms with Crippen LogP contribution >= 0.6 is 11.6 Å². The first kappa shape index (κ1) is 22.1. The van der Waals surface area contributed by atoms with Gasteiger partial charge in [-0.05, 0) is 47.9 Å². The molecule has 8 heteroatoms. The van der Waals surface area contributed by atoms with E-state index in [4.69, 9.17) is 21.3 Å². The minimum absolute atomic E-state index is 0.00314. The molecule has 2 N–H and O–H groups in total. The van der Waals surface area contributed by atoms with Crippen molar-refractivity contribution < 1.29 is 9.84 Å². The van der Waals surface area contributed by atoms with Crippen molar-refractivity contribution in [1.29, 1.82) is 0 Å². The predicted octanol–water partition coefficient (Wildman–Crippen LogP) is 5.15. The highest BCUT2D eigenvalue weighted by atomic mass is 35.5. The average molecular weight is 450 g/mol. The van der Waals surface area contributed by atoms with Crippen molar-refractivity contribution >= 4 is 34.1 Å². The summed E-state index contributed by atoms with van der Waals surface area (Å²) in [6, 6.07) is 14.8. The number of aromatic nitrogens is 4. The lowest BCUT2D eigenvalue weighted by molar-refractivity contribution is 0.0925. The van der Waals surface area contributed by atoms with E-state index in [0.717, 1.165) is 16.6 Å². The molecule has 0 unspecified atom stereocenters. The monoisotopic (exact) mass is 449 g/mol. The number of rotatable bonds is 8. The number of halogens is 1. The summed E-state index contributed by atoms with van der Waals surface area (Å²) >= 11 is 6.32. The quantitative estimate of drug-likeness (QED) is 0.384. The Hall–Kier alpha value is -3.13.